The molecule has 0 aromatic heterocycles. The molecule has 5 amide bonds. The van der Waals surface area contributed by atoms with Gasteiger partial charge in [-0.2, -0.15) is 0 Å². The van der Waals surface area contributed by atoms with E-state index in [0.717, 1.165) is 44.5 Å². The summed E-state index contributed by atoms with van der Waals surface area (Å²) in [6.07, 6.45) is -1.67. The summed E-state index contributed by atoms with van der Waals surface area (Å²) in [7, 11) is 0. The number of hydrogen-bond acceptors (Lipinski definition) is 14. The second kappa shape index (κ2) is 38.3. The van der Waals surface area contributed by atoms with E-state index in [2.05, 4.69) is 26.3 Å². The Morgan fingerprint density at radius 3 is 1.40 bits per heavy atom. The molecular formula is C74H82N6O13. The summed E-state index contributed by atoms with van der Waals surface area (Å²) in [5.74, 6) is -5.59. The summed E-state index contributed by atoms with van der Waals surface area (Å²) in [6, 6.07) is 56.4. The molecule has 19 nitrogen and oxygen atoms in total. The van der Waals surface area contributed by atoms with E-state index in [1.807, 2.05) is 147 Å². The molecule has 0 bridgehead atoms. The molecule has 0 spiro atoms. The first-order chi connectivity index (χ1) is 45.1. The molecule has 0 unspecified atom stereocenters. The summed E-state index contributed by atoms with van der Waals surface area (Å²) >= 11 is 0. The number of alkyl carbamates (subject to hydrolysis) is 2. The fraction of sp³-hybridized carbons (Fsp3) is 0.311. The maximum atomic E-state index is 15.2. The van der Waals surface area contributed by atoms with Crippen LogP contribution in [-0.4, -0.2) is 78.6 Å². The number of nitrogens with zero attached hydrogens (tertiary/aromatic N) is 1. The average Bonchev–Trinajstić information content (AvgIpc) is 0.973. The predicted octanol–water partition coefficient (Wildman–Crippen LogP) is 10.8. The number of unbranched alkanes of at least 4 members (excludes halogenated alkanes) is 1. The number of Topliss-reactive ketones (excluding diaryl/α,β-unsaturated/α-hetero) is 1. The number of rotatable bonds is 36. The van der Waals surface area contributed by atoms with Crippen LogP contribution in [0, 0.1) is 25.7 Å². The topological polar surface area (TPSA) is 269 Å². The van der Waals surface area contributed by atoms with Crippen molar-refractivity contribution in [3.63, 3.8) is 0 Å². The normalized spacial score (nSPS) is 12.3. The van der Waals surface area contributed by atoms with Gasteiger partial charge in [0.1, 0.15) is 57.1 Å². The van der Waals surface area contributed by atoms with Crippen molar-refractivity contribution >= 4 is 53.5 Å². The third-order valence-electron chi connectivity index (χ3n) is 15.3. The van der Waals surface area contributed by atoms with Crippen molar-refractivity contribution in [2.24, 2.45) is 22.6 Å². The molecule has 19 heteroatoms. The van der Waals surface area contributed by atoms with Gasteiger partial charge in [-0.3, -0.25) is 39.1 Å². The Bertz CT molecular complexity index is 3460. The number of aliphatic imine (C=N–C) groups is 1. The van der Waals surface area contributed by atoms with Gasteiger partial charge in [-0.15, -0.1) is 0 Å². The van der Waals surface area contributed by atoms with Crippen LogP contribution >= 0.6 is 0 Å². The number of amides is 5. The van der Waals surface area contributed by atoms with E-state index in [9.17, 15) is 28.8 Å². The number of carbonyl (C=O) groups is 8. The number of carbonyl (C=O) groups excluding carboxylic acids is 8. The van der Waals surface area contributed by atoms with Gasteiger partial charge >= 0.3 is 24.1 Å². The molecule has 7 aromatic rings. The Kier molecular flexibility index (Phi) is 28.8. The van der Waals surface area contributed by atoms with Gasteiger partial charge < -0.3 is 45.4 Å². The lowest BCUT2D eigenvalue weighted by Gasteiger charge is -2.25. The highest BCUT2D eigenvalue weighted by atomic mass is 16.6. The summed E-state index contributed by atoms with van der Waals surface area (Å²) < 4.78 is 28.2. The van der Waals surface area contributed by atoms with E-state index in [0.29, 0.717) is 30.8 Å². The molecule has 486 valence electrons. The molecule has 0 saturated heterocycles. The maximum Gasteiger partial charge on any atom is 0.412 e. The van der Waals surface area contributed by atoms with E-state index < -0.39 is 84.4 Å². The monoisotopic (exact) mass is 1260 g/mol. The van der Waals surface area contributed by atoms with Gasteiger partial charge in [0, 0.05) is 25.4 Å². The zero-order chi connectivity index (χ0) is 66.0. The van der Waals surface area contributed by atoms with Gasteiger partial charge in [0.05, 0.1) is 18.4 Å². The van der Waals surface area contributed by atoms with E-state index in [1.54, 1.807) is 60.7 Å². The van der Waals surface area contributed by atoms with Gasteiger partial charge in [0.15, 0.2) is 5.78 Å². The smallest absolute Gasteiger partial charge is 0.412 e. The Labute approximate surface area is 543 Å². The van der Waals surface area contributed by atoms with Crippen LogP contribution in [0.5, 0.6) is 5.75 Å². The number of ketones is 1. The molecule has 93 heavy (non-hydrogen) atoms. The van der Waals surface area contributed by atoms with Crippen LogP contribution in [0.2, 0.25) is 0 Å². The number of nitrogens with one attached hydrogen (secondary N) is 4. The highest BCUT2D eigenvalue weighted by Crippen LogP contribution is 2.28. The lowest BCUT2D eigenvalue weighted by atomic mass is 9.88. The number of nitrogens with two attached hydrogens (primary N) is 1. The van der Waals surface area contributed by atoms with Crippen LogP contribution in [0.3, 0.4) is 0 Å². The largest absolute Gasteiger partial charge is 0.489 e. The Hall–Kier alpha value is -10.4. The second-order valence-electron chi connectivity index (χ2n) is 22.6. The molecule has 4 atom stereocenters. The minimum Gasteiger partial charge on any atom is -0.489 e. The van der Waals surface area contributed by atoms with Crippen molar-refractivity contribution in [1.29, 1.82) is 0 Å². The van der Waals surface area contributed by atoms with Crippen LogP contribution in [0.4, 0.5) is 9.59 Å². The summed E-state index contributed by atoms with van der Waals surface area (Å²) in [6.45, 7) is 4.21. The number of esters is 2. The van der Waals surface area contributed by atoms with E-state index in [1.165, 1.54) is 0 Å². The molecule has 0 aliphatic rings. The molecule has 0 fully saturated rings. The van der Waals surface area contributed by atoms with Gasteiger partial charge in [-0.1, -0.05) is 182 Å². The van der Waals surface area contributed by atoms with E-state index >= 15 is 9.59 Å². The first-order valence-electron chi connectivity index (χ1n) is 31.2. The average molecular weight is 1260 g/mol. The fourth-order valence-electron chi connectivity index (χ4n) is 10.2. The highest BCUT2D eigenvalue weighted by Gasteiger charge is 2.33. The maximum absolute atomic E-state index is 15.2. The zero-order valence-electron chi connectivity index (χ0n) is 52.6. The highest BCUT2D eigenvalue weighted by molar-refractivity contribution is 6.04. The first kappa shape index (κ1) is 70.0. The van der Waals surface area contributed by atoms with Crippen molar-refractivity contribution in [1.82, 2.24) is 21.3 Å². The second-order valence-corrected chi connectivity index (χ2v) is 22.6. The van der Waals surface area contributed by atoms with Crippen LogP contribution in [-0.2, 0) is 93.6 Å². The molecule has 0 aliphatic heterocycles. The van der Waals surface area contributed by atoms with Crippen molar-refractivity contribution in [3.8, 4) is 5.75 Å². The van der Waals surface area contributed by atoms with E-state index in [4.69, 9.17) is 29.4 Å². The number of benzene rings is 7. The Morgan fingerprint density at radius 1 is 0.462 bits per heavy atom. The zero-order valence-corrected chi connectivity index (χ0v) is 52.6. The number of primary amides is 1. The molecule has 0 saturated carbocycles. The molecule has 6 N–H and O–H groups in total. The lowest BCUT2D eigenvalue weighted by molar-refractivity contribution is -0.148. The van der Waals surface area contributed by atoms with Crippen LogP contribution in [0.25, 0.3) is 0 Å². The lowest BCUT2D eigenvalue weighted by Crippen LogP contribution is -2.49. The van der Waals surface area contributed by atoms with Crippen molar-refractivity contribution in [3.05, 3.63) is 244 Å². The minimum absolute atomic E-state index is 0.0337. The number of ether oxygens (including phenoxy) is 5. The molecule has 0 aliphatic carbocycles. The van der Waals surface area contributed by atoms with Crippen LogP contribution in [0.15, 0.2) is 199 Å². The molecule has 7 rings (SSSR count). The van der Waals surface area contributed by atoms with Crippen LogP contribution < -0.4 is 31.7 Å². The number of aryl methyl sites for hydroxylation is 2. The summed E-state index contributed by atoms with van der Waals surface area (Å²) in [5, 5.41) is 11.0. The van der Waals surface area contributed by atoms with Gasteiger partial charge in [0.25, 0.3) is 0 Å². The van der Waals surface area contributed by atoms with Gasteiger partial charge in [-0.25, -0.2) is 9.59 Å². The first-order valence-corrected chi connectivity index (χ1v) is 31.2. The standard InChI is InChI=1S/C74H82N6O13/c1-52-40-62(89-47-55-26-11-4-12-27-55)41-53(2)63(52)43-61(45-68(82)90-48-56-28-13-5-14-29-56)72(86)78-64(37-23-39-76-67(46-69(83)91-49-57-30-15-6-16-31-57)80-74(88)93-51-59-34-19-8-20-35-59)66(81)44-60(42-54-24-9-3-10-25-54)71(85)79-65(70(75)84)36-21-22-38-77-73(87)92-50-58-32-17-7-18-33-58/h3-20,24-35,40-41,60-61,64-65H,21-23,36-39,42-51H2,1-2H3,(H2,75,84)(H,77,87)(H,78,86)(H,79,85)(H,76,80,88)/t60-,61-,64-,65+/m1/s1. The SMILES string of the molecule is Cc1cc(OCc2ccccc2)cc(C)c1C[C@H](CC(=O)OCc1ccccc1)C(=O)N[C@H](CCCN=C(CC(=O)OCc1ccccc1)NC(=O)OCc1ccccc1)C(=O)C[C@@H](Cc1ccccc1)C(=O)N[C@@H](CCCCNC(=O)OCc1ccccc1)C(N)=O. The van der Waals surface area contributed by atoms with Crippen molar-refractivity contribution in [2.45, 2.75) is 123 Å². The van der Waals surface area contributed by atoms with Crippen molar-refractivity contribution in [2.75, 3.05) is 13.1 Å². The third-order valence-corrected chi connectivity index (χ3v) is 15.3. The third kappa shape index (κ3) is 25.8. The molecule has 0 radical (unpaired) electrons. The van der Waals surface area contributed by atoms with E-state index in [-0.39, 0.29) is 83.9 Å². The predicted molar refractivity (Wildman–Crippen MR) is 352 cm³/mol. The fourth-order valence-corrected chi connectivity index (χ4v) is 10.2. The Balaban J connectivity index is 1.13. The molecule has 0 heterocycles. The molecular weight excluding hydrogens is 1180 g/mol. The van der Waals surface area contributed by atoms with Gasteiger partial charge in [0.2, 0.25) is 17.7 Å². The summed E-state index contributed by atoms with van der Waals surface area (Å²) in [5.41, 5.74) is 13.0. The molecule has 7 aromatic carbocycles. The number of amidine groups is 1. The number of hydrogen-bond donors (Lipinski definition) is 5. The minimum atomic E-state index is -1.29. The quantitative estimate of drug-likeness (QED) is 0.00805. The Morgan fingerprint density at radius 2 is 0.892 bits per heavy atom. The summed E-state index contributed by atoms with van der Waals surface area (Å²) in [4.78, 5) is 115. The van der Waals surface area contributed by atoms with Crippen LogP contribution in [0.1, 0.15) is 101 Å². The van der Waals surface area contributed by atoms with Gasteiger partial charge in [-0.05, 0) is 121 Å². The van der Waals surface area contributed by atoms with Crippen molar-refractivity contribution < 1.29 is 62.0 Å².